The molecule has 0 N–H and O–H groups in total. The van der Waals surface area contributed by atoms with Crippen molar-refractivity contribution in [1.29, 1.82) is 0 Å². The minimum Gasteiger partial charge on any atom is -0.376 e. The van der Waals surface area contributed by atoms with Crippen LogP contribution in [0.3, 0.4) is 0 Å². The summed E-state index contributed by atoms with van der Waals surface area (Å²) in [6.45, 7) is 12.3. The van der Waals surface area contributed by atoms with E-state index in [-0.39, 0.29) is 0 Å². The molecule has 0 aliphatic carbocycles. The van der Waals surface area contributed by atoms with Crippen LogP contribution in [0, 0.1) is 0 Å². The molecule has 1 heterocycles. The van der Waals surface area contributed by atoms with E-state index < -0.39 is 0 Å². The molecule has 0 bridgehead atoms. The third kappa shape index (κ3) is 8.06. The molecular formula is C11H26O. The molecule has 2 unspecified atom stereocenters. The van der Waals surface area contributed by atoms with Crippen molar-refractivity contribution in [3.63, 3.8) is 0 Å². The third-order valence-electron chi connectivity index (χ3n) is 1.69. The smallest absolute Gasteiger partial charge is 0.0550 e. The topological polar surface area (TPSA) is 9.23 Å². The zero-order valence-corrected chi connectivity index (χ0v) is 9.68. The highest BCUT2D eigenvalue weighted by Crippen LogP contribution is 2.17. The minimum atomic E-state index is 0.513. The summed E-state index contributed by atoms with van der Waals surface area (Å²) < 4.78 is 5.49. The van der Waals surface area contributed by atoms with Gasteiger partial charge in [-0.1, -0.05) is 27.7 Å². The molecular weight excluding hydrogens is 148 g/mol. The molecule has 1 saturated heterocycles. The Balaban J connectivity index is 0. The third-order valence-corrected chi connectivity index (χ3v) is 1.69. The highest BCUT2D eigenvalue weighted by molar-refractivity contribution is 4.63. The fraction of sp³-hybridized carbons (Fsp3) is 1.00. The highest BCUT2D eigenvalue weighted by atomic mass is 16.5. The summed E-state index contributed by atoms with van der Waals surface area (Å²) in [6.07, 6.45) is 4.88. The number of hydrogen-bond acceptors (Lipinski definition) is 1. The molecule has 0 spiro atoms. The van der Waals surface area contributed by atoms with Crippen molar-refractivity contribution in [2.75, 3.05) is 0 Å². The summed E-state index contributed by atoms with van der Waals surface area (Å²) in [7, 11) is 0. The maximum atomic E-state index is 5.49. The average molecular weight is 174 g/mol. The fourth-order valence-corrected chi connectivity index (χ4v) is 1.23. The van der Waals surface area contributed by atoms with Gasteiger partial charge in [0.25, 0.3) is 0 Å². The molecule has 0 aromatic carbocycles. The van der Waals surface area contributed by atoms with Gasteiger partial charge in [-0.3, -0.25) is 0 Å². The first kappa shape index (κ1) is 14.5. The maximum absolute atomic E-state index is 5.49. The Bertz CT molecular complexity index is 63.4. The van der Waals surface area contributed by atoms with E-state index in [9.17, 15) is 0 Å². The highest BCUT2D eigenvalue weighted by Gasteiger charge is 2.13. The van der Waals surface area contributed by atoms with Crippen molar-refractivity contribution in [2.45, 2.75) is 73.0 Å². The summed E-state index contributed by atoms with van der Waals surface area (Å²) in [6, 6.07) is 0. The normalized spacial score (nSPS) is 27.5. The van der Waals surface area contributed by atoms with Crippen molar-refractivity contribution < 1.29 is 4.74 Å². The van der Waals surface area contributed by atoms with Gasteiger partial charge in [-0.25, -0.2) is 0 Å². The van der Waals surface area contributed by atoms with E-state index >= 15 is 0 Å². The Morgan fingerprint density at radius 3 is 1.33 bits per heavy atom. The number of ether oxygens (including phenoxy) is 1. The standard InChI is InChI=1S/C7H14O.2C2H6/c1-6-4-3-5-7(2)8-6;2*1-2/h6-7H,3-5H2,1-2H3;2*1-2H3. The SMILES string of the molecule is CC.CC.CC1CCCC(C)O1. The lowest BCUT2D eigenvalue weighted by molar-refractivity contribution is -0.0292. The van der Waals surface area contributed by atoms with Gasteiger partial charge in [0.15, 0.2) is 0 Å². The first-order valence-corrected chi connectivity index (χ1v) is 5.44. The summed E-state index contributed by atoms with van der Waals surface area (Å²) in [5, 5.41) is 0. The van der Waals surface area contributed by atoms with Crippen LogP contribution in [0.15, 0.2) is 0 Å². The molecule has 0 aromatic heterocycles. The largest absolute Gasteiger partial charge is 0.376 e. The number of rotatable bonds is 0. The predicted molar refractivity (Wildman–Crippen MR) is 56.6 cm³/mol. The molecule has 0 aromatic rings. The van der Waals surface area contributed by atoms with Crippen LogP contribution in [-0.2, 0) is 4.74 Å². The second-order valence-electron chi connectivity index (χ2n) is 2.69. The predicted octanol–water partition coefficient (Wildman–Crippen LogP) is 4.02. The second-order valence-corrected chi connectivity index (χ2v) is 2.69. The molecule has 0 radical (unpaired) electrons. The second kappa shape index (κ2) is 11.0. The Labute approximate surface area is 78.5 Å². The maximum Gasteiger partial charge on any atom is 0.0550 e. The van der Waals surface area contributed by atoms with Crippen LogP contribution in [0.25, 0.3) is 0 Å². The van der Waals surface area contributed by atoms with Crippen LogP contribution in [0.1, 0.15) is 60.8 Å². The minimum absolute atomic E-state index is 0.513. The fourth-order valence-electron chi connectivity index (χ4n) is 1.23. The monoisotopic (exact) mass is 174 g/mol. The lowest BCUT2D eigenvalue weighted by Gasteiger charge is -2.24. The van der Waals surface area contributed by atoms with E-state index in [4.69, 9.17) is 4.74 Å². The van der Waals surface area contributed by atoms with Crippen LogP contribution in [0.4, 0.5) is 0 Å². The molecule has 0 saturated carbocycles. The van der Waals surface area contributed by atoms with E-state index in [1.165, 1.54) is 19.3 Å². The zero-order valence-electron chi connectivity index (χ0n) is 9.68. The summed E-state index contributed by atoms with van der Waals surface area (Å²) in [5.74, 6) is 0. The van der Waals surface area contributed by atoms with Gasteiger partial charge in [0.05, 0.1) is 12.2 Å². The molecule has 76 valence electrons. The van der Waals surface area contributed by atoms with E-state index in [1.807, 2.05) is 27.7 Å². The van der Waals surface area contributed by atoms with Gasteiger partial charge in [-0.15, -0.1) is 0 Å². The first-order chi connectivity index (χ1) is 5.79. The van der Waals surface area contributed by atoms with Crippen LogP contribution >= 0.6 is 0 Å². The summed E-state index contributed by atoms with van der Waals surface area (Å²) in [5.41, 5.74) is 0. The van der Waals surface area contributed by atoms with Gasteiger partial charge in [-0.2, -0.15) is 0 Å². The molecule has 2 atom stereocenters. The van der Waals surface area contributed by atoms with Gasteiger partial charge in [0.1, 0.15) is 0 Å². The molecule has 0 amide bonds. The molecule has 1 aliphatic rings. The summed E-state index contributed by atoms with van der Waals surface area (Å²) >= 11 is 0. The molecule has 1 rings (SSSR count). The Morgan fingerprint density at radius 2 is 1.17 bits per heavy atom. The Kier molecular flexibility index (Phi) is 13.2. The molecule has 1 nitrogen and oxygen atoms in total. The van der Waals surface area contributed by atoms with Gasteiger partial charge in [0, 0.05) is 0 Å². The first-order valence-electron chi connectivity index (χ1n) is 5.44. The van der Waals surface area contributed by atoms with Crippen molar-refractivity contribution in [3.8, 4) is 0 Å². The quantitative estimate of drug-likeness (QED) is 0.539. The van der Waals surface area contributed by atoms with Crippen molar-refractivity contribution in [3.05, 3.63) is 0 Å². The van der Waals surface area contributed by atoms with Crippen molar-refractivity contribution in [1.82, 2.24) is 0 Å². The Morgan fingerprint density at radius 1 is 0.833 bits per heavy atom. The zero-order chi connectivity index (χ0) is 9.98. The molecule has 1 heteroatoms. The van der Waals surface area contributed by atoms with Gasteiger partial charge in [0.2, 0.25) is 0 Å². The molecule has 1 fully saturated rings. The van der Waals surface area contributed by atoms with E-state index in [0.29, 0.717) is 12.2 Å². The van der Waals surface area contributed by atoms with Gasteiger partial charge in [-0.05, 0) is 33.1 Å². The van der Waals surface area contributed by atoms with Crippen LogP contribution in [0.5, 0.6) is 0 Å². The van der Waals surface area contributed by atoms with Crippen LogP contribution < -0.4 is 0 Å². The van der Waals surface area contributed by atoms with Crippen LogP contribution in [0.2, 0.25) is 0 Å². The van der Waals surface area contributed by atoms with E-state index in [2.05, 4.69) is 13.8 Å². The van der Waals surface area contributed by atoms with Gasteiger partial charge >= 0.3 is 0 Å². The van der Waals surface area contributed by atoms with Crippen molar-refractivity contribution in [2.24, 2.45) is 0 Å². The summed E-state index contributed by atoms with van der Waals surface area (Å²) in [4.78, 5) is 0. The van der Waals surface area contributed by atoms with Crippen LogP contribution in [-0.4, -0.2) is 12.2 Å². The lowest BCUT2D eigenvalue weighted by Crippen LogP contribution is -2.22. The molecule has 12 heavy (non-hydrogen) atoms. The Hall–Kier alpha value is -0.0400. The molecule has 1 aliphatic heterocycles. The van der Waals surface area contributed by atoms with Gasteiger partial charge < -0.3 is 4.74 Å². The number of hydrogen-bond donors (Lipinski definition) is 0. The van der Waals surface area contributed by atoms with Crippen molar-refractivity contribution >= 4 is 0 Å². The average Bonchev–Trinajstić information content (AvgIpc) is 2.11. The van der Waals surface area contributed by atoms with E-state index in [0.717, 1.165) is 0 Å². The van der Waals surface area contributed by atoms with E-state index in [1.54, 1.807) is 0 Å². The lowest BCUT2D eigenvalue weighted by atomic mass is 10.1.